The number of hydrogen-bond acceptors (Lipinski definition) is 1. The van der Waals surface area contributed by atoms with E-state index in [-0.39, 0.29) is 0 Å². The minimum Gasteiger partial charge on any atom is -0.508 e. The van der Waals surface area contributed by atoms with Crippen molar-refractivity contribution in [3.63, 3.8) is 0 Å². The summed E-state index contributed by atoms with van der Waals surface area (Å²) >= 11 is 0. The molecule has 1 aliphatic rings. The molecule has 0 aliphatic heterocycles. The lowest BCUT2D eigenvalue weighted by molar-refractivity contribution is 0.180. The predicted molar refractivity (Wildman–Crippen MR) is 106 cm³/mol. The van der Waals surface area contributed by atoms with E-state index in [4.69, 9.17) is 0 Å². The molecule has 0 radical (unpaired) electrons. The van der Waals surface area contributed by atoms with Crippen molar-refractivity contribution < 1.29 is 5.11 Å². The van der Waals surface area contributed by atoms with Crippen molar-refractivity contribution in [2.75, 3.05) is 0 Å². The van der Waals surface area contributed by atoms with Crippen molar-refractivity contribution in [3.05, 3.63) is 42.0 Å². The van der Waals surface area contributed by atoms with Gasteiger partial charge in [0, 0.05) is 0 Å². The highest BCUT2D eigenvalue weighted by molar-refractivity contribution is 5.84. The lowest BCUT2D eigenvalue weighted by Crippen LogP contribution is -2.22. The minimum atomic E-state index is 0.329. The van der Waals surface area contributed by atoms with E-state index in [0.29, 0.717) is 17.1 Å². The number of phenols is 1. The second-order valence-corrected chi connectivity index (χ2v) is 8.65. The third kappa shape index (κ3) is 5.26. The molecule has 0 aromatic heterocycles. The van der Waals surface area contributed by atoms with Gasteiger partial charge < -0.3 is 5.11 Å². The van der Waals surface area contributed by atoms with Crippen molar-refractivity contribution in [2.45, 2.75) is 72.6 Å². The molecule has 0 heterocycles. The third-order valence-corrected chi connectivity index (χ3v) is 5.34. The van der Waals surface area contributed by atoms with E-state index in [1.807, 2.05) is 6.07 Å². The Labute approximate surface area is 148 Å². The summed E-state index contributed by atoms with van der Waals surface area (Å²) in [5, 5.41) is 11.6. The highest BCUT2D eigenvalue weighted by atomic mass is 16.3. The predicted octanol–water partition coefficient (Wildman–Crippen LogP) is 7.28. The largest absolute Gasteiger partial charge is 0.508 e. The lowest BCUT2D eigenvalue weighted by atomic mass is 9.72. The maximum atomic E-state index is 9.31. The summed E-state index contributed by atoms with van der Waals surface area (Å²) in [5.74, 6) is 1.88. The zero-order chi connectivity index (χ0) is 17.7. The van der Waals surface area contributed by atoms with E-state index in [1.165, 1.54) is 43.1 Å². The van der Waals surface area contributed by atoms with Crippen LogP contribution in [0.25, 0.3) is 10.8 Å². The Morgan fingerprint density at radius 1 is 0.875 bits per heavy atom. The molecule has 1 fully saturated rings. The third-order valence-electron chi connectivity index (χ3n) is 5.34. The zero-order valence-corrected chi connectivity index (χ0v) is 16.1. The maximum Gasteiger partial charge on any atom is 0.116 e. The molecule has 132 valence electrons. The lowest BCUT2D eigenvalue weighted by Gasteiger charge is -2.33. The molecule has 0 saturated heterocycles. The van der Waals surface area contributed by atoms with Crippen molar-refractivity contribution in [3.8, 4) is 5.75 Å². The number of aromatic hydroxyl groups is 1. The van der Waals surface area contributed by atoms with E-state index < -0.39 is 0 Å². The quantitative estimate of drug-likeness (QED) is 0.583. The molecule has 1 saturated carbocycles. The number of fused-ring (bicyclic) bond motifs is 1. The molecule has 1 aliphatic carbocycles. The molecule has 24 heavy (non-hydrogen) atoms. The van der Waals surface area contributed by atoms with Gasteiger partial charge in [0.15, 0.2) is 0 Å². The van der Waals surface area contributed by atoms with E-state index in [0.717, 1.165) is 11.3 Å². The second kappa shape index (κ2) is 8.05. The van der Waals surface area contributed by atoms with Crippen LogP contribution in [0.1, 0.15) is 78.2 Å². The van der Waals surface area contributed by atoms with E-state index >= 15 is 0 Å². The van der Waals surface area contributed by atoms with Gasteiger partial charge in [0.2, 0.25) is 0 Å². The Morgan fingerprint density at radius 2 is 1.46 bits per heavy atom. The van der Waals surface area contributed by atoms with Crippen molar-refractivity contribution >= 4 is 10.8 Å². The van der Waals surface area contributed by atoms with Crippen LogP contribution >= 0.6 is 0 Å². The van der Waals surface area contributed by atoms with Gasteiger partial charge in [-0.05, 0) is 58.6 Å². The molecule has 1 heteroatoms. The smallest absolute Gasteiger partial charge is 0.116 e. The number of hydrogen-bond donors (Lipinski definition) is 1. The van der Waals surface area contributed by atoms with Crippen LogP contribution < -0.4 is 0 Å². The Morgan fingerprint density at radius 3 is 2.00 bits per heavy atom. The fraction of sp³-hybridized carbons (Fsp3) is 0.565. The van der Waals surface area contributed by atoms with Crippen LogP contribution in [-0.4, -0.2) is 5.11 Å². The highest BCUT2D eigenvalue weighted by Gasteiger charge is 2.25. The van der Waals surface area contributed by atoms with Crippen LogP contribution in [0.2, 0.25) is 0 Å². The molecule has 0 unspecified atom stereocenters. The van der Waals surface area contributed by atoms with Gasteiger partial charge in [0.05, 0.1) is 0 Å². The van der Waals surface area contributed by atoms with Crippen LogP contribution in [0.5, 0.6) is 5.75 Å². The Bertz CT molecular complexity index is 643. The molecule has 0 atom stereocenters. The second-order valence-electron chi connectivity index (χ2n) is 8.65. The molecule has 0 spiro atoms. The summed E-state index contributed by atoms with van der Waals surface area (Å²) in [7, 11) is 0. The summed E-state index contributed by atoms with van der Waals surface area (Å²) in [5.41, 5.74) is 1.91. The van der Waals surface area contributed by atoms with Gasteiger partial charge in [-0.1, -0.05) is 78.1 Å². The summed E-state index contributed by atoms with van der Waals surface area (Å²) < 4.78 is 0. The van der Waals surface area contributed by atoms with Gasteiger partial charge in [-0.15, -0.1) is 0 Å². The fourth-order valence-corrected chi connectivity index (χ4v) is 3.58. The first kappa shape index (κ1) is 18.8. The van der Waals surface area contributed by atoms with Crippen LogP contribution in [0, 0.1) is 11.3 Å². The average molecular weight is 327 g/mol. The first-order chi connectivity index (χ1) is 11.3. The number of benzene rings is 2. The summed E-state index contributed by atoms with van der Waals surface area (Å²) in [4.78, 5) is 0. The van der Waals surface area contributed by atoms with Crippen LogP contribution in [0.15, 0.2) is 36.4 Å². The molecule has 0 bridgehead atoms. The van der Waals surface area contributed by atoms with Crippen molar-refractivity contribution in [2.24, 2.45) is 11.3 Å². The van der Waals surface area contributed by atoms with Gasteiger partial charge in [0.1, 0.15) is 5.75 Å². The Hall–Kier alpha value is -1.50. The first-order valence-corrected chi connectivity index (χ1v) is 9.50. The molecule has 1 N–H and O–H groups in total. The SMILES string of the molecule is CC(C)(C)C1CCCCC1.CC(C)c1ccc2cc(O)ccc2c1. The van der Waals surface area contributed by atoms with Crippen LogP contribution in [0.3, 0.4) is 0 Å². The van der Waals surface area contributed by atoms with Crippen LogP contribution in [-0.2, 0) is 0 Å². The first-order valence-electron chi connectivity index (χ1n) is 9.50. The standard InChI is InChI=1S/C13H14O.C10H20/c1-9(2)10-3-4-12-8-13(14)6-5-11(12)7-10;1-10(2,3)9-7-5-4-6-8-9/h3-9,14H,1-2H3;9H,4-8H2,1-3H3. The monoisotopic (exact) mass is 326 g/mol. The fourth-order valence-electron chi connectivity index (χ4n) is 3.58. The zero-order valence-electron chi connectivity index (χ0n) is 16.1. The minimum absolute atomic E-state index is 0.329. The molecule has 0 amide bonds. The maximum absolute atomic E-state index is 9.31. The van der Waals surface area contributed by atoms with Crippen LogP contribution in [0.4, 0.5) is 0 Å². The molecule has 3 rings (SSSR count). The van der Waals surface area contributed by atoms with Crippen molar-refractivity contribution in [1.82, 2.24) is 0 Å². The van der Waals surface area contributed by atoms with Gasteiger partial charge in [-0.25, -0.2) is 0 Å². The van der Waals surface area contributed by atoms with Gasteiger partial charge >= 0.3 is 0 Å². The topological polar surface area (TPSA) is 20.2 Å². The number of phenolic OH excluding ortho intramolecular Hbond substituents is 1. The number of rotatable bonds is 1. The van der Waals surface area contributed by atoms with E-state index in [1.54, 1.807) is 12.1 Å². The van der Waals surface area contributed by atoms with Gasteiger partial charge in [0.25, 0.3) is 0 Å². The molecule has 2 aromatic carbocycles. The van der Waals surface area contributed by atoms with Gasteiger partial charge in [-0.3, -0.25) is 0 Å². The Kier molecular flexibility index (Phi) is 6.32. The normalized spacial score (nSPS) is 16.1. The van der Waals surface area contributed by atoms with E-state index in [9.17, 15) is 5.11 Å². The summed E-state index contributed by atoms with van der Waals surface area (Å²) in [6, 6.07) is 11.8. The summed E-state index contributed by atoms with van der Waals surface area (Å²) in [6.07, 6.45) is 7.38. The molecule has 1 nitrogen and oxygen atoms in total. The van der Waals surface area contributed by atoms with Gasteiger partial charge in [-0.2, -0.15) is 0 Å². The molecule has 2 aromatic rings. The molecular weight excluding hydrogens is 292 g/mol. The highest BCUT2D eigenvalue weighted by Crippen LogP contribution is 2.37. The molecular formula is C23H34O. The Balaban J connectivity index is 0.000000185. The summed E-state index contributed by atoms with van der Waals surface area (Å²) in [6.45, 7) is 11.5. The van der Waals surface area contributed by atoms with Crippen molar-refractivity contribution in [1.29, 1.82) is 0 Å². The average Bonchev–Trinajstić information content (AvgIpc) is 2.55. The van der Waals surface area contributed by atoms with E-state index in [2.05, 4.69) is 52.8 Å².